The Bertz CT molecular complexity index is 939. The van der Waals surface area contributed by atoms with Crippen molar-refractivity contribution in [1.29, 1.82) is 0 Å². The van der Waals surface area contributed by atoms with Crippen molar-refractivity contribution in [3.05, 3.63) is 46.3 Å². The van der Waals surface area contributed by atoms with E-state index >= 15 is 0 Å². The second-order valence-electron chi connectivity index (χ2n) is 8.99. The number of benzene rings is 1. The van der Waals surface area contributed by atoms with Crippen LogP contribution in [0.5, 0.6) is 11.5 Å². The van der Waals surface area contributed by atoms with E-state index in [4.69, 9.17) is 14.2 Å². The molecule has 0 fully saturated rings. The number of carbonyl (C=O) groups is 2. The van der Waals surface area contributed by atoms with Gasteiger partial charge in [-0.3, -0.25) is 4.79 Å². The van der Waals surface area contributed by atoms with Crippen LogP contribution in [-0.2, 0) is 14.3 Å². The van der Waals surface area contributed by atoms with Crippen LogP contribution in [0.15, 0.2) is 40.7 Å². The van der Waals surface area contributed by atoms with Crippen LogP contribution in [0.4, 0.5) is 0 Å². The molecule has 162 valence electrons. The Labute approximate surface area is 178 Å². The van der Waals surface area contributed by atoms with Gasteiger partial charge in [0.15, 0.2) is 5.78 Å². The van der Waals surface area contributed by atoms with Gasteiger partial charge in [-0.05, 0) is 50.8 Å². The van der Waals surface area contributed by atoms with Crippen molar-refractivity contribution in [3.63, 3.8) is 0 Å². The molecular weight excluding hydrogens is 382 g/mol. The molecule has 6 heteroatoms. The Morgan fingerprint density at radius 3 is 2.47 bits per heavy atom. The fraction of sp³-hybridized carbons (Fsp3) is 0.500. The van der Waals surface area contributed by atoms with Crippen molar-refractivity contribution >= 4 is 11.8 Å². The van der Waals surface area contributed by atoms with E-state index in [-0.39, 0.29) is 17.3 Å². The second kappa shape index (κ2) is 8.17. The van der Waals surface area contributed by atoms with Crippen LogP contribution in [0.2, 0.25) is 0 Å². The van der Waals surface area contributed by atoms with Crippen LogP contribution >= 0.6 is 0 Å². The monoisotopic (exact) mass is 413 g/mol. The highest BCUT2D eigenvalue weighted by atomic mass is 16.5. The van der Waals surface area contributed by atoms with Gasteiger partial charge in [-0.15, -0.1) is 0 Å². The first-order chi connectivity index (χ1) is 14.1. The normalized spacial score (nSPS) is 20.7. The summed E-state index contributed by atoms with van der Waals surface area (Å²) in [5, 5.41) is 3.34. The van der Waals surface area contributed by atoms with Crippen LogP contribution in [0.25, 0.3) is 0 Å². The van der Waals surface area contributed by atoms with E-state index in [9.17, 15) is 9.59 Å². The minimum atomic E-state index is -0.582. The van der Waals surface area contributed by atoms with Gasteiger partial charge in [0.2, 0.25) is 0 Å². The third-order valence-corrected chi connectivity index (χ3v) is 5.55. The number of ketones is 1. The topological polar surface area (TPSA) is 73.9 Å². The van der Waals surface area contributed by atoms with Crippen molar-refractivity contribution < 1.29 is 23.8 Å². The third-order valence-electron chi connectivity index (χ3n) is 5.55. The van der Waals surface area contributed by atoms with Gasteiger partial charge in [-0.1, -0.05) is 13.8 Å². The van der Waals surface area contributed by atoms with Crippen LogP contribution in [0.3, 0.4) is 0 Å². The summed E-state index contributed by atoms with van der Waals surface area (Å²) in [5.74, 6) is 0.236. The standard InChI is InChI=1S/C24H31NO5/c1-13(2)30-23(27)20-14(3)25-17-11-24(4,5)12-18(26)22(17)21(20)16-10-15(28-6)8-9-19(16)29-7/h8-10,13,21,25H,11-12H2,1-7H3/t21-/m0/s1. The number of Topliss-reactive ketones (excluding diaryl/α,β-unsaturated/α-hetero) is 1. The molecule has 30 heavy (non-hydrogen) atoms. The first-order valence-electron chi connectivity index (χ1n) is 10.2. The zero-order valence-corrected chi connectivity index (χ0v) is 18.8. The summed E-state index contributed by atoms with van der Waals surface area (Å²) in [7, 11) is 3.16. The Morgan fingerprint density at radius 1 is 1.17 bits per heavy atom. The van der Waals surface area contributed by atoms with Gasteiger partial charge in [0, 0.05) is 29.0 Å². The molecule has 3 rings (SSSR count). The highest BCUT2D eigenvalue weighted by molar-refractivity contribution is 6.04. The van der Waals surface area contributed by atoms with Gasteiger partial charge >= 0.3 is 5.97 Å². The summed E-state index contributed by atoms with van der Waals surface area (Å²) in [4.78, 5) is 26.5. The van der Waals surface area contributed by atoms with E-state index in [1.165, 1.54) is 0 Å². The van der Waals surface area contributed by atoms with Crippen molar-refractivity contribution in [2.75, 3.05) is 14.2 Å². The zero-order valence-electron chi connectivity index (χ0n) is 18.8. The maximum Gasteiger partial charge on any atom is 0.337 e. The molecular formula is C24H31NO5. The van der Waals surface area contributed by atoms with Crippen molar-refractivity contribution in [2.45, 2.75) is 59.5 Å². The predicted molar refractivity (Wildman–Crippen MR) is 114 cm³/mol. The molecule has 0 unspecified atom stereocenters. The van der Waals surface area contributed by atoms with E-state index in [1.807, 2.05) is 26.8 Å². The van der Waals surface area contributed by atoms with Crippen LogP contribution < -0.4 is 14.8 Å². The van der Waals surface area contributed by atoms with Gasteiger partial charge in [0.1, 0.15) is 11.5 Å². The summed E-state index contributed by atoms with van der Waals surface area (Å²) in [6, 6.07) is 5.43. The number of allylic oxidation sites excluding steroid dienone is 3. The average molecular weight is 414 g/mol. The molecule has 0 saturated heterocycles. The Kier molecular flexibility index (Phi) is 5.97. The molecule has 0 aromatic heterocycles. The first-order valence-corrected chi connectivity index (χ1v) is 10.2. The summed E-state index contributed by atoms with van der Waals surface area (Å²) in [6.07, 6.45) is 0.866. The second-order valence-corrected chi connectivity index (χ2v) is 8.99. The molecule has 1 atom stereocenters. The molecule has 0 bridgehead atoms. The zero-order chi connectivity index (χ0) is 22.2. The summed E-state index contributed by atoms with van der Waals surface area (Å²) in [5.41, 5.74) is 3.17. The first kappa shape index (κ1) is 21.9. The number of hydrogen-bond acceptors (Lipinski definition) is 6. The molecule has 0 saturated carbocycles. The molecule has 1 aromatic rings. The molecule has 6 nitrogen and oxygen atoms in total. The molecule has 1 heterocycles. The maximum absolute atomic E-state index is 13.3. The third kappa shape index (κ3) is 4.09. The van der Waals surface area contributed by atoms with E-state index in [0.29, 0.717) is 40.3 Å². The quantitative estimate of drug-likeness (QED) is 0.727. The summed E-state index contributed by atoms with van der Waals surface area (Å²) < 4.78 is 16.6. The predicted octanol–water partition coefficient (Wildman–Crippen LogP) is 4.26. The molecule has 0 amide bonds. The molecule has 0 radical (unpaired) electrons. The maximum atomic E-state index is 13.3. The lowest BCUT2D eigenvalue weighted by molar-refractivity contribution is -0.143. The van der Waals surface area contributed by atoms with Gasteiger partial charge < -0.3 is 19.5 Å². The molecule has 1 aromatic carbocycles. The average Bonchev–Trinajstić information content (AvgIpc) is 2.64. The number of hydrogen-bond donors (Lipinski definition) is 1. The molecule has 1 aliphatic carbocycles. The van der Waals surface area contributed by atoms with Gasteiger partial charge in [0.05, 0.1) is 31.8 Å². The van der Waals surface area contributed by atoms with Crippen molar-refractivity contribution in [3.8, 4) is 11.5 Å². The minimum absolute atomic E-state index is 0.0333. The fourth-order valence-electron chi connectivity index (χ4n) is 4.36. The number of carbonyl (C=O) groups excluding carboxylic acids is 2. The highest BCUT2D eigenvalue weighted by Gasteiger charge is 2.44. The Balaban J connectivity index is 2.26. The largest absolute Gasteiger partial charge is 0.497 e. The SMILES string of the molecule is COc1ccc(OC)c([C@H]2C(C(=O)OC(C)C)=C(C)NC3=C2C(=O)CC(C)(C)C3)c1. The lowest BCUT2D eigenvalue weighted by Gasteiger charge is -2.39. The highest BCUT2D eigenvalue weighted by Crippen LogP contribution is 2.49. The van der Waals surface area contributed by atoms with Crippen LogP contribution in [0, 0.1) is 5.41 Å². The number of nitrogens with one attached hydrogen (secondary N) is 1. The smallest absolute Gasteiger partial charge is 0.337 e. The van der Waals surface area contributed by atoms with E-state index in [1.54, 1.807) is 26.4 Å². The van der Waals surface area contributed by atoms with Crippen LogP contribution in [0.1, 0.15) is 58.9 Å². The van der Waals surface area contributed by atoms with Crippen molar-refractivity contribution in [1.82, 2.24) is 5.32 Å². The number of esters is 1. The van der Waals surface area contributed by atoms with E-state index in [2.05, 4.69) is 19.2 Å². The summed E-state index contributed by atoms with van der Waals surface area (Å²) in [6.45, 7) is 9.64. The lowest BCUT2D eigenvalue weighted by Crippen LogP contribution is -2.39. The molecule has 0 spiro atoms. The van der Waals surface area contributed by atoms with E-state index in [0.717, 1.165) is 12.1 Å². The Morgan fingerprint density at radius 2 is 1.87 bits per heavy atom. The van der Waals surface area contributed by atoms with Gasteiger partial charge in [0.25, 0.3) is 0 Å². The summed E-state index contributed by atoms with van der Waals surface area (Å²) >= 11 is 0. The number of dihydropyridines is 1. The Hall–Kier alpha value is -2.76. The molecule has 1 N–H and O–H groups in total. The van der Waals surface area contributed by atoms with Crippen LogP contribution in [-0.4, -0.2) is 32.1 Å². The molecule has 1 aliphatic heterocycles. The van der Waals surface area contributed by atoms with Gasteiger partial charge in [-0.2, -0.15) is 0 Å². The van der Waals surface area contributed by atoms with Gasteiger partial charge in [-0.25, -0.2) is 4.79 Å². The van der Waals surface area contributed by atoms with Crippen molar-refractivity contribution in [2.24, 2.45) is 5.41 Å². The lowest BCUT2D eigenvalue weighted by atomic mass is 9.68. The van der Waals surface area contributed by atoms with E-state index < -0.39 is 11.9 Å². The number of ether oxygens (including phenoxy) is 3. The number of rotatable bonds is 5. The minimum Gasteiger partial charge on any atom is -0.497 e. The molecule has 2 aliphatic rings. The fourth-order valence-corrected chi connectivity index (χ4v) is 4.36. The number of methoxy groups -OCH3 is 2.